The van der Waals surface area contributed by atoms with Crippen molar-refractivity contribution in [2.45, 2.75) is 24.2 Å². The van der Waals surface area contributed by atoms with Crippen LogP contribution in [0.2, 0.25) is 0 Å². The molecule has 0 saturated carbocycles. The Morgan fingerprint density at radius 2 is 1.88 bits per heavy atom. The molecule has 0 aliphatic carbocycles. The third-order valence-electron chi connectivity index (χ3n) is 3.98. The van der Waals surface area contributed by atoms with Crippen molar-refractivity contribution < 1.29 is 8.42 Å². The minimum absolute atomic E-state index is 0.217. The van der Waals surface area contributed by atoms with Gasteiger partial charge in [0.05, 0.1) is 6.21 Å². The third-order valence-corrected chi connectivity index (χ3v) is 6.58. The Morgan fingerprint density at radius 3 is 2.56 bits per heavy atom. The van der Waals surface area contributed by atoms with Crippen molar-refractivity contribution in [3.8, 4) is 0 Å². The fourth-order valence-electron chi connectivity index (χ4n) is 2.60. The standard InChI is InChI=1S/C17H19BrN4O2S/c18-16-7-3-2-6-14(16)12-20-21-17-9-8-15(13-19-17)25(23,24)22-10-4-1-5-11-22/h2-3,6-9,12-13H,1,4-5,10-11H2,(H,19,21)/b20-12+. The number of nitrogens with one attached hydrogen (secondary N) is 1. The number of hydrogen-bond acceptors (Lipinski definition) is 5. The van der Waals surface area contributed by atoms with E-state index in [0.717, 1.165) is 29.3 Å². The molecule has 3 rings (SSSR count). The maximum absolute atomic E-state index is 12.6. The number of anilines is 1. The van der Waals surface area contributed by atoms with Crippen LogP contribution in [0.4, 0.5) is 5.82 Å². The van der Waals surface area contributed by atoms with E-state index in [0.29, 0.717) is 18.9 Å². The second-order valence-electron chi connectivity index (χ2n) is 5.74. The molecule has 6 nitrogen and oxygen atoms in total. The molecule has 1 N–H and O–H groups in total. The van der Waals surface area contributed by atoms with E-state index in [1.807, 2.05) is 24.3 Å². The Labute approximate surface area is 156 Å². The molecule has 0 radical (unpaired) electrons. The molecule has 0 atom stereocenters. The second kappa shape index (κ2) is 8.07. The minimum atomic E-state index is -3.45. The van der Waals surface area contributed by atoms with Gasteiger partial charge in [0.1, 0.15) is 10.7 Å². The Kier molecular flexibility index (Phi) is 5.82. The van der Waals surface area contributed by atoms with Crippen molar-refractivity contribution in [3.05, 3.63) is 52.6 Å². The lowest BCUT2D eigenvalue weighted by Crippen LogP contribution is -2.35. The van der Waals surface area contributed by atoms with Crippen LogP contribution in [0, 0.1) is 0 Å². The van der Waals surface area contributed by atoms with E-state index in [2.05, 4.69) is 31.4 Å². The summed E-state index contributed by atoms with van der Waals surface area (Å²) in [4.78, 5) is 4.37. The smallest absolute Gasteiger partial charge is 0.244 e. The van der Waals surface area contributed by atoms with Gasteiger partial charge in [0.2, 0.25) is 10.0 Å². The number of piperidine rings is 1. The molecule has 2 heterocycles. The van der Waals surface area contributed by atoms with Crippen LogP contribution in [0.1, 0.15) is 24.8 Å². The average molecular weight is 423 g/mol. The Balaban J connectivity index is 1.67. The summed E-state index contributed by atoms with van der Waals surface area (Å²) in [6, 6.07) is 10.9. The monoisotopic (exact) mass is 422 g/mol. The minimum Gasteiger partial charge on any atom is -0.261 e. The highest BCUT2D eigenvalue weighted by Gasteiger charge is 2.25. The van der Waals surface area contributed by atoms with Crippen molar-refractivity contribution in [2.75, 3.05) is 18.5 Å². The van der Waals surface area contributed by atoms with Crippen molar-refractivity contribution >= 4 is 38.0 Å². The van der Waals surface area contributed by atoms with Crippen LogP contribution < -0.4 is 5.43 Å². The highest BCUT2D eigenvalue weighted by atomic mass is 79.9. The van der Waals surface area contributed by atoms with Crippen LogP contribution in [0.25, 0.3) is 0 Å². The topological polar surface area (TPSA) is 74.7 Å². The van der Waals surface area contributed by atoms with Gasteiger partial charge in [0, 0.05) is 29.3 Å². The summed E-state index contributed by atoms with van der Waals surface area (Å²) in [5, 5.41) is 4.13. The number of sulfonamides is 1. The quantitative estimate of drug-likeness (QED) is 0.591. The molecule has 1 fully saturated rings. The number of aromatic nitrogens is 1. The van der Waals surface area contributed by atoms with Gasteiger partial charge < -0.3 is 0 Å². The highest BCUT2D eigenvalue weighted by Crippen LogP contribution is 2.20. The van der Waals surface area contributed by atoms with Gasteiger partial charge in [-0.15, -0.1) is 0 Å². The molecule has 1 aliphatic heterocycles. The number of benzene rings is 1. The van der Waals surface area contributed by atoms with Gasteiger partial charge in [-0.25, -0.2) is 13.4 Å². The molecule has 1 aromatic carbocycles. The molecule has 25 heavy (non-hydrogen) atoms. The summed E-state index contributed by atoms with van der Waals surface area (Å²) < 4.78 is 27.6. The predicted octanol–water partition coefficient (Wildman–Crippen LogP) is 3.46. The van der Waals surface area contributed by atoms with Crippen molar-refractivity contribution in [3.63, 3.8) is 0 Å². The molecule has 2 aromatic rings. The van der Waals surface area contributed by atoms with E-state index in [-0.39, 0.29) is 4.90 Å². The van der Waals surface area contributed by atoms with E-state index in [1.54, 1.807) is 18.3 Å². The van der Waals surface area contributed by atoms with Crippen LogP contribution in [0.3, 0.4) is 0 Å². The molecule has 132 valence electrons. The van der Waals surface area contributed by atoms with Crippen molar-refractivity contribution in [2.24, 2.45) is 5.10 Å². The Hall–Kier alpha value is -1.77. The number of halogens is 1. The fourth-order valence-corrected chi connectivity index (χ4v) is 4.45. The van der Waals surface area contributed by atoms with Crippen LogP contribution in [0.5, 0.6) is 0 Å². The molecular weight excluding hydrogens is 404 g/mol. The molecule has 1 aliphatic rings. The largest absolute Gasteiger partial charge is 0.261 e. The number of hydrazone groups is 1. The third kappa shape index (κ3) is 4.45. The van der Waals surface area contributed by atoms with E-state index >= 15 is 0 Å². The van der Waals surface area contributed by atoms with E-state index in [9.17, 15) is 8.42 Å². The van der Waals surface area contributed by atoms with Gasteiger partial charge in [0.25, 0.3) is 0 Å². The lowest BCUT2D eigenvalue weighted by molar-refractivity contribution is 0.346. The summed E-state index contributed by atoms with van der Waals surface area (Å²) in [6.07, 6.45) is 5.96. The summed E-state index contributed by atoms with van der Waals surface area (Å²) in [5.74, 6) is 0.487. The Morgan fingerprint density at radius 1 is 1.12 bits per heavy atom. The van der Waals surface area contributed by atoms with Gasteiger partial charge in [-0.3, -0.25) is 5.43 Å². The zero-order valence-electron chi connectivity index (χ0n) is 13.6. The molecule has 8 heteroatoms. The molecule has 1 aromatic heterocycles. The maximum Gasteiger partial charge on any atom is 0.244 e. The molecule has 0 unspecified atom stereocenters. The average Bonchev–Trinajstić information content (AvgIpc) is 2.64. The van der Waals surface area contributed by atoms with Crippen LogP contribution in [-0.4, -0.2) is 37.0 Å². The zero-order chi connectivity index (χ0) is 17.7. The van der Waals surface area contributed by atoms with Gasteiger partial charge >= 0.3 is 0 Å². The SMILES string of the molecule is O=S(=O)(c1ccc(N/N=C/c2ccccc2Br)nc1)N1CCCCC1. The summed E-state index contributed by atoms with van der Waals surface area (Å²) in [5.41, 5.74) is 3.74. The maximum atomic E-state index is 12.6. The molecule has 0 bridgehead atoms. The second-order valence-corrected chi connectivity index (χ2v) is 8.53. The van der Waals surface area contributed by atoms with Gasteiger partial charge in [0.15, 0.2) is 0 Å². The van der Waals surface area contributed by atoms with Crippen molar-refractivity contribution in [1.82, 2.24) is 9.29 Å². The first-order chi connectivity index (χ1) is 12.1. The zero-order valence-corrected chi connectivity index (χ0v) is 16.0. The van der Waals surface area contributed by atoms with Gasteiger partial charge in [-0.1, -0.05) is 40.5 Å². The van der Waals surface area contributed by atoms with Crippen molar-refractivity contribution in [1.29, 1.82) is 0 Å². The van der Waals surface area contributed by atoms with Crippen LogP contribution in [-0.2, 0) is 10.0 Å². The summed E-state index contributed by atoms with van der Waals surface area (Å²) >= 11 is 3.45. The summed E-state index contributed by atoms with van der Waals surface area (Å²) in [7, 11) is -3.45. The number of rotatable bonds is 5. The van der Waals surface area contributed by atoms with Gasteiger partial charge in [-0.05, 0) is 31.0 Å². The van der Waals surface area contributed by atoms with Gasteiger partial charge in [-0.2, -0.15) is 9.41 Å². The van der Waals surface area contributed by atoms with E-state index in [1.165, 1.54) is 10.5 Å². The van der Waals surface area contributed by atoms with Crippen LogP contribution >= 0.6 is 15.9 Å². The predicted molar refractivity (Wildman–Crippen MR) is 102 cm³/mol. The molecule has 0 amide bonds. The normalized spacial score (nSPS) is 16.2. The number of hydrogen-bond donors (Lipinski definition) is 1. The Bertz CT molecular complexity index is 847. The number of pyridine rings is 1. The summed E-state index contributed by atoms with van der Waals surface area (Å²) in [6.45, 7) is 1.16. The molecule has 1 saturated heterocycles. The lowest BCUT2D eigenvalue weighted by atomic mass is 10.2. The molecular formula is C17H19BrN4O2S. The first-order valence-electron chi connectivity index (χ1n) is 8.07. The van der Waals surface area contributed by atoms with E-state index in [4.69, 9.17) is 0 Å². The first kappa shape index (κ1) is 18.0. The van der Waals surface area contributed by atoms with Crippen LogP contribution in [0.15, 0.2) is 57.1 Å². The lowest BCUT2D eigenvalue weighted by Gasteiger charge is -2.25. The first-order valence-corrected chi connectivity index (χ1v) is 10.3. The fraction of sp³-hybridized carbons (Fsp3) is 0.294. The highest BCUT2D eigenvalue weighted by molar-refractivity contribution is 9.10. The van der Waals surface area contributed by atoms with E-state index < -0.39 is 10.0 Å². The molecule has 0 spiro atoms. The number of nitrogens with zero attached hydrogens (tertiary/aromatic N) is 3.